The van der Waals surface area contributed by atoms with Crippen LogP contribution in [0.3, 0.4) is 0 Å². The summed E-state index contributed by atoms with van der Waals surface area (Å²) in [6.07, 6.45) is 1.24. The van der Waals surface area contributed by atoms with E-state index in [4.69, 9.17) is 4.74 Å². The zero-order valence-corrected chi connectivity index (χ0v) is 18.2. The van der Waals surface area contributed by atoms with Gasteiger partial charge in [-0.15, -0.1) is 24.0 Å². The van der Waals surface area contributed by atoms with Gasteiger partial charge >= 0.3 is 0 Å². The van der Waals surface area contributed by atoms with Crippen LogP contribution in [0.2, 0.25) is 0 Å². The molecular weight excluding hydrogens is 423 g/mol. The Balaban J connectivity index is 0.00000264. The minimum absolute atomic E-state index is 0. The lowest BCUT2D eigenvalue weighted by atomic mass is 10.0. The van der Waals surface area contributed by atoms with Crippen LogP contribution in [0.5, 0.6) is 0 Å². The summed E-state index contributed by atoms with van der Waals surface area (Å²) >= 11 is 2.09. The number of guanidine groups is 1. The quantitative estimate of drug-likeness (QED) is 0.399. The molecule has 23 heavy (non-hydrogen) atoms. The number of hydrogen-bond acceptors (Lipinski definition) is 4. The van der Waals surface area contributed by atoms with Gasteiger partial charge in [0.05, 0.1) is 13.2 Å². The Labute approximate surface area is 163 Å². The van der Waals surface area contributed by atoms with Gasteiger partial charge in [-0.2, -0.15) is 11.8 Å². The Hall–Kier alpha value is 0.270. The molecule has 0 aliphatic carbocycles. The van der Waals surface area contributed by atoms with E-state index in [1.807, 2.05) is 7.05 Å². The van der Waals surface area contributed by atoms with Crippen molar-refractivity contribution in [3.05, 3.63) is 0 Å². The third kappa shape index (κ3) is 6.25. The first kappa shape index (κ1) is 21.3. The van der Waals surface area contributed by atoms with Crippen LogP contribution in [0, 0.1) is 0 Å². The van der Waals surface area contributed by atoms with E-state index in [0.29, 0.717) is 0 Å². The van der Waals surface area contributed by atoms with Gasteiger partial charge in [0.2, 0.25) is 0 Å². The molecule has 2 fully saturated rings. The number of nitrogens with zero attached hydrogens (tertiary/aromatic N) is 3. The summed E-state index contributed by atoms with van der Waals surface area (Å²) in [7, 11) is 1.89. The van der Waals surface area contributed by atoms with E-state index < -0.39 is 0 Å². The minimum atomic E-state index is 0. The van der Waals surface area contributed by atoms with Crippen molar-refractivity contribution in [3.63, 3.8) is 0 Å². The summed E-state index contributed by atoms with van der Waals surface area (Å²) in [4.78, 5) is 9.40. The Morgan fingerprint density at radius 1 is 1.39 bits per heavy atom. The molecule has 136 valence electrons. The Kier molecular flexibility index (Phi) is 9.55. The van der Waals surface area contributed by atoms with Gasteiger partial charge in [0.15, 0.2) is 5.96 Å². The maximum Gasteiger partial charge on any atom is 0.193 e. The molecule has 2 aliphatic heterocycles. The monoisotopic (exact) mass is 456 g/mol. The highest BCUT2D eigenvalue weighted by molar-refractivity contribution is 14.0. The van der Waals surface area contributed by atoms with Crippen molar-refractivity contribution >= 4 is 41.7 Å². The van der Waals surface area contributed by atoms with Crippen LogP contribution in [-0.4, -0.2) is 85.3 Å². The average molecular weight is 456 g/mol. The van der Waals surface area contributed by atoms with Gasteiger partial charge in [0.1, 0.15) is 0 Å². The highest BCUT2D eigenvalue weighted by Crippen LogP contribution is 2.21. The third-order valence-electron chi connectivity index (χ3n) is 4.59. The van der Waals surface area contributed by atoms with Gasteiger partial charge in [-0.05, 0) is 20.3 Å². The van der Waals surface area contributed by atoms with Crippen molar-refractivity contribution < 1.29 is 4.74 Å². The van der Waals surface area contributed by atoms with Gasteiger partial charge < -0.3 is 15.0 Å². The first-order valence-electron chi connectivity index (χ1n) is 8.47. The van der Waals surface area contributed by atoms with Crippen molar-refractivity contribution in [1.29, 1.82) is 0 Å². The molecule has 1 N–H and O–H groups in total. The molecule has 2 aliphatic rings. The lowest BCUT2D eigenvalue weighted by Gasteiger charge is -2.42. The average Bonchev–Trinajstić information content (AvgIpc) is 2.52. The van der Waals surface area contributed by atoms with Crippen molar-refractivity contribution in [1.82, 2.24) is 15.1 Å². The van der Waals surface area contributed by atoms with Crippen LogP contribution in [0.4, 0.5) is 0 Å². The van der Waals surface area contributed by atoms with E-state index in [-0.39, 0.29) is 29.5 Å². The zero-order valence-electron chi connectivity index (χ0n) is 15.0. The molecule has 0 aromatic carbocycles. The number of nitrogens with one attached hydrogen (secondary N) is 1. The Morgan fingerprint density at radius 3 is 2.83 bits per heavy atom. The maximum absolute atomic E-state index is 5.59. The molecule has 2 heterocycles. The van der Waals surface area contributed by atoms with Gasteiger partial charge in [0, 0.05) is 56.3 Å². The second-order valence-electron chi connectivity index (χ2n) is 6.67. The molecule has 0 aromatic heterocycles. The molecule has 0 amide bonds. The molecule has 7 heteroatoms. The van der Waals surface area contributed by atoms with E-state index >= 15 is 0 Å². The molecule has 1 atom stereocenters. The van der Waals surface area contributed by atoms with E-state index in [0.717, 1.165) is 57.1 Å². The summed E-state index contributed by atoms with van der Waals surface area (Å²) in [5, 5.41) is 4.29. The maximum atomic E-state index is 5.59. The van der Waals surface area contributed by atoms with Crippen LogP contribution >= 0.6 is 35.7 Å². The largest absolute Gasteiger partial charge is 0.378 e. The normalized spacial score (nSPS) is 25.8. The van der Waals surface area contributed by atoms with Gasteiger partial charge in [0.25, 0.3) is 0 Å². The van der Waals surface area contributed by atoms with Gasteiger partial charge in [-0.3, -0.25) is 9.89 Å². The van der Waals surface area contributed by atoms with Crippen molar-refractivity contribution in [2.24, 2.45) is 4.99 Å². The molecule has 5 nitrogen and oxygen atoms in total. The molecule has 0 radical (unpaired) electrons. The predicted octanol–water partition coefficient (Wildman–Crippen LogP) is 2.12. The smallest absolute Gasteiger partial charge is 0.193 e. The van der Waals surface area contributed by atoms with E-state index in [1.54, 1.807) is 0 Å². The molecule has 0 spiro atoms. The minimum Gasteiger partial charge on any atom is -0.378 e. The van der Waals surface area contributed by atoms with Gasteiger partial charge in [-0.25, -0.2) is 0 Å². The SMILES string of the molecule is CCC1CN(C(=NC)NCCN2CCOCC2(C)C)CCS1.I. The van der Waals surface area contributed by atoms with E-state index in [2.05, 4.69) is 52.6 Å². The zero-order chi connectivity index (χ0) is 16.0. The van der Waals surface area contributed by atoms with Crippen LogP contribution in [0.25, 0.3) is 0 Å². The molecule has 2 saturated heterocycles. The number of aliphatic imine (C=N–C) groups is 1. The second-order valence-corrected chi connectivity index (χ2v) is 8.08. The highest BCUT2D eigenvalue weighted by Gasteiger charge is 2.30. The van der Waals surface area contributed by atoms with Gasteiger partial charge in [-0.1, -0.05) is 6.92 Å². The highest BCUT2D eigenvalue weighted by atomic mass is 127. The fourth-order valence-electron chi connectivity index (χ4n) is 3.10. The summed E-state index contributed by atoms with van der Waals surface area (Å²) in [6, 6.07) is 0. The van der Waals surface area contributed by atoms with Crippen molar-refractivity contribution in [3.8, 4) is 0 Å². The fourth-order valence-corrected chi connectivity index (χ4v) is 4.28. The summed E-state index contributed by atoms with van der Waals surface area (Å²) in [5.74, 6) is 2.26. The third-order valence-corrected chi connectivity index (χ3v) is 5.96. The second kappa shape index (κ2) is 10.3. The standard InChI is InChI=1S/C16H32N4OS.HI/c1-5-14-12-19(9-11-22-14)15(17-4)18-6-7-20-8-10-21-13-16(20,2)3;/h14H,5-13H2,1-4H3,(H,17,18);1H. The van der Waals surface area contributed by atoms with Crippen LogP contribution in [0.15, 0.2) is 4.99 Å². The van der Waals surface area contributed by atoms with Crippen LogP contribution < -0.4 is 5.32 Å². The number of hydrogen-bond donors (Lipinski definition) is 1. The van der Waals surface area contributed by atoms with Crippen molar-refractivity contribution in [2.45, 2.75) is 38.0 Å². The first-order chi connectivity index (χ1) is 10.6. The lowest BCUT2D eigenvalue weighted by molar-refractivity contribution is -0.0496. The molecule has 2 rings (SSSR count). The Bertz CT molecular complexity index is 381. The first-order valence-corrected chi connectivity index (χ1v) is 9.51. The number of morpholine rings is 1. The number of thioether (sulfide) groups is 1. The number of rotatable bonds is 4. The van der Waals surface area contributed by atoms with E-state index in [9.17, 15) is 0 Å². The summed E-state index contributed by atoms with van der Waals surface area (Å²) in [6.45, 7) is 13.7. The van der Waals surface area contributed by atoms with E-state index in [1.165, 1.54) is 12.2 Å². The Morgan fingerprint density at radius 2 is 2.17 bits per heavy atom. The predicted molar refractivity (Wildman–Crippen MR) is 111 cm³/mol. The number of ether oxygens (including phenoxy) is 1. The summed E-state index contributed by atoms with van der Waals surface area (Å²) < 4.78 is 5.59. The molecule has 0 aromatic rings. The molecular formula is C16H33IN4OS. The summed E-state index contributed by atoms with van der Waals surface area (Å²) in [5.41, 5.74) is 0.137. The number of halogens is 1. The fraction of sp³-hybridized carbons (Fsp3) is 0.938. The lowest BCUT2D eigenvalue weighted by Crippen LogP contribution is -2.55. The topological polar surface area (TPSA) is 40.1 Å². The molecule has 0 saturated carbocycles. The van der Waals surface area contributed by atoms with Crippen LogP contribution in [0.1, 0.15) is 27.2 Å². The van der Waals surface area contributed by atoms with Crippen molar-refractivity contribution in [2.75, 3.05) is 58.7 Å². The molecule has 1 unspecified atom stereocenters. The van der Waals surface area contributed by atoms with Crippen LogP contribution in [-0.2, 0) is 4.74 Å². The molecule has 0 bridgehead atoms.